The van der Waals surface area contributed by atoms with E-state index in [1.54, 1.807) is 0 Å². The van der Waals surface area contributed by atoms with Gasteiger partial charge in [0.15, 0.2) is 0 Å². The molecule has 0 spiro atoms. The zero-order chi connectivity index (χ0) is 11.3. The molecule has 1 N–H and O–H groups in total. The summed E-state index contributed by atoms with van der Waals surface area (Å²) in [6, 6.07) is 0. The molecule has 0 aliphatic heterocycles. The number of allylic oxidation sites excluding steroid dienone is 1. The summed E-state index contributed by atoms with van der Waals surface area (Å²) in [5, 5.41) is 10.7. The maximum Gasteiger partial charge on any atom is 0.274 e. The number of aliphatic hydroxyl groups excluding tert-OH is 1. The van der Waals surface area contributed by atoms with Crippen molar-refractivity contribution < 1.29 is 14.7 Å². The van der Waals surface area contributed by atoms with E-state index in [0.29, 0.717) is 6.42 Å². The van der Waals surface area contributed by atoms with Gasteiger partial charge in [-0.3, -0.25) is 9.63 Å². The molecule has 4 nitrogen and oxygen atoms in total. The number of hydroxylamine groups is 2. The van der Waals surface area contributed by atoms with Gasteiger partial charge in [0.25, 0.3) is 5.91 Å². The quantitative estimate of drug-likeness (QED) is 0.565. The van der Waals surface area contributed by atoms with Crippen LogP contribution in [-0.4, -0.2) is 36.3 Å². The lowest BCUT2D eigenvalue weighted by Crippen LogP contribution is -2.35. The van der Waals surface area contributed by atoms with E-state index in [1.165, 1.54) is 26.2 Å². The first kappa shape index (κ1) is 12.2. The molecular weight excluding hydrogens is 194 g/mol. The maximum atomic E-state index is 11.5. The maximum absolute atomic E-state index is 11.5. The van der Waals surface area contributed by atoms with Crippen LogP contribution in [0.4, 0.5) is 0 Å². The standard InChI is InChI=1S/C11H19NO3/c1-12(15-2)11(14)10(13)8-9-6-4-3-5-7-9/h6,10,13H,3-5,7-8H2,1-2H3/t10-/m0/s1. The van der Waals surface area contributed by atoms with Gasteiger partial charge in [0, 0.05) is 13.5 Å². The molecular formula is C11H19NO3. The van der Waals surface area contributed by atoms with E-state index in [0.717, 1.165) is 24.3 Å². The number of likely N-dealkylation sites (N-methyl/N-ethyl adjacent to an activating group) is 1. The molecule has 1 amide bonds. The van der Waals surface area contributed by atoms with E-state index < -0.39 is 6.10 Å². The van der Waals surface area contributed by atoms with Crippen LogP contribution >= 0.6 is 0 Å². The molecule has 0 aromatic rings. The van der Waals surface area contributed by atoms with Crippen LogP contribution < -0.4 is 0 Å². The number of hydrogen-bond donors (Lipinski definition) is 1. The first-order chi connectivity index (χ1) is 7.15. The van der Waals surface area contributed by atoms with Crippen LogP contribution in [0.5, 0.6) is 0 Å². The van der Waals surface area contributed by atoms with Crippen LogP contribution in [-0.2, 0) is 9.63 Å². The predicted molar refractivity (Wildman–Crippen MR) is 57.0 cm³/mol. The van der Waals surface area contributed by atoms with Gasteiger partial charge < -0.3 is 5.11 Å². The van der Waals surface area contributed by atoms with Gasteiger partial charge in [0.2, 0.25) is 0 Å². The molecule has 86 valence electrons. The van der Waals surface area contributed by atoms with Crippen molar-refractivity contribution in [3.8, 4) is 0 Å². The van der Waals surface area contributed by atoms with Crippen LogP contribution in [0.2, 0.25) is 0 Å². The molecule has 0 bridgehead atoms. The summed E-state index contributed by atoms with van der Waals surface area (Å²) in [6.07, 6.45) is 6.04. The highest BCUT2D eigenvalue weighted by Crippen LogP contribution is 2.21. The number of carbonyl (C=O) groups excluding carboxylic acids is 1. The monoisotopic (exact) mass is 213 g/mol. The Balaban J connectivity index is 2.43. The third-order valence-corrected chi connectivity index (χ3v) is 2.71. The Kier molecular flexibility index (Phi) is 4.78. The predicted octanol–water partition coefficient (Wildman–Crippen LogP) is 1.26. The summed E-state index contributed by atoms with van der Waals surface area (Å²) in [4.78, 5) is 16.2. The number of carbonyl (C=O) groups is 1. The molecule has 0 aromatic carbocycles. The van der Waals surface area contributed by atoms with Crippen molar-refractivity contribution in [2.45, 2.75) is 38.2 Å². The van der Waals surface area contributed by atoms with Gasteiger partial charge in [-0.15, -0.1) is 0 Å². The fraction of sp³-hybridized carbons (Fsp3) is 0.727. The number of hydrogen-bond acceptors (Lipinski definition) is 3. The van der Waals surface area contributed by atoms with Gasteiger partial charge in [-0.2, -0.15) is 0 Å². The Bertz CT molecular complexity index is 250. The highest BCUT2D eigenvalue weighted by Gasteiger charge is 2.21. The van der Waals surface area contributed by atoms with Crippen molar-refractivity contribution >= 4 is 5.91 Å². The summed E-state index contributed by atoms with van der Waals surface area (Å²) >= 11 is 0. The molecule has 0 fully saturated rings. The molecule has 0 radical (unpaired) electrons. The van der Waals surface area contributed by atoms with Crippen LogP contribution in [0.3, 0.4) is 0 Å². The Morgan fingerprint density at radius 1 is 1.67 bits per heavy atom. The van der Waals surface area contributed by atoms with E-state index in [2.05, 4.69) is 6.08 Å². The number of nitrogens with zero attached hydrogens (tertiary/aromatic N) is 1. The SMILES string of the molecule is CON(C)C(=O)[C@@H](O)CC1=CCCCC1. The van der Waals surface area contributed by atoms with Crippen molar-refractivity contribution in [1.82, 2.24) is 5.06 Å². The molecule has 0 unspecified atom stereocenters. The lowest BCUT2D eigenvalue weighted by atomic mass is 9.95. The summed E-state index contributed by atoms with van der Waals surface area (Å²) in [7, 11) is 2.91. The van der Waals surface area contributed by atoms with Gasteiger partial charge in [0.1, 0.15) is 6.10 Å². The molecule has 0 heterocycles. The fourth-order valence-electron chi connectivity index (χ4n) is 1.73. The van der Waals surface area contributed by atoms with E-state index in [-0.39, 0.29) is 5.91 Å². The Morgan fingerprint density at radius 2 is 2.40 bits per heavy atom. The van der Waals surface area contributed by atoms with Gasteiger partial charge in [-0.1, -0.05) is 11.6 Å². The van der Waals surface area contributed by atoms with Crippen molar-refractivity contribution in [3.05, 3.63) is 11.6 Å². The highest BCUT2D eigenvalue weighted by molar-refractivity contribution is 5.79. The molecule has 4 heteroatoms. The third-order valence-electron chi connectivity index (χ3n) is 2.71. The first-order valence-corrected chi connectivity index (χ1v) is 5.32. The van der Waals surface area contributed by atoms with E-state index >= 15 is 0 Å². The third kappa shape index (κ3) is 3.64. The zero-order valence-electron chi connectivity index (χ0n) is 9.40. The smallest absolute Gasteiger partial charge is 0.274 e. The van der Waals surface area contributed by atoms with Crippen molar-refractivity contribution in [2.24, 2.45) is 0 Å². The second-order valence-corrected chi connectivity index (χ2v) is 3.85. The molecule has 1 aliphatic carbocycles. The van der Waals surface area contributed by atoms with Gasteiger partial charge in [0.05, 0.1) is 7.11 Å². The second kappa shape index (κ2) is 5.88. The van der Waals surface area contributed by atoms with Gasteiger partial charge in [-0.05, 0) is 25.7 Å². The zero-order valence-corrected chi connectivity index (χ0v) is 9.40. The number of aliphatic hydroxyl groups is 1. The van der Waals surface area contributed by atoms with Crippen LogP contribution in [0.1, 0.15) is 32.1 Å². The van der Waals surface area contributed by atoms with Crippen LogP contribution in [0, 0.1) is 0 Å². The largest absolute Gasteiger partial charge is 0.383 e. The second-order valence-electron chi connectivity index (χ2n) is 3.85. The first-order valence-electron chi connectivity index (χ1n) is 5.32. The van der Waals surface area contributed by atoms with Crippen molar-refractivity contribution in [3.63, 3.8) is 0 Å². The highest BCUT2D eigenvalue weighted by atomic mass is 16.7. The van der Waals surface area contributed by atoms with Gasteiger partial charge >= 0.3 is 0 Å². The minimum Gasteiger partial charge on any atom is -0.383 e. The molecule has 0 saturated carbocycles. The Labute approximate surface area is 90.5 Å². The van der Waals surface area contributed by atoms with E-state index in [4.69, 9.17) is 4.84 Å². The minimum atomic E-state index is -0.973. The summed E-state index contributed by atoms with van der Waals surface area (Å²) in [5.41, 5.74) is 1.19. The summed E-state index contributed by atoms with van der Waals surface area (Å²) in [6.45, 7) is 0. The molecule has 1 atom stereocenters. The van der Waals surface area contributed by atoms with Crippen molar-refractivity contribution in [2.75, 3.05) is 14.2 Å². The minimum absolute atomic E-state index is 0.385. The average molecular weight is 213 g/mol. The normalized spacial score (nSPS) is 18.2. The van der Waals surface area contributed by atoms with Gasteiger partial charge in [-0.25, -0.2) is 5.06 Å². The van der Waals surface area contributed by atoms with E-state index in [9.17, 15) is 9.90 Å². The lowest BCUT2D eigenvalue weighted by molar-refractivity contribution is -0.177. The number of amides is 1. The molecule has 0 saturated heterocycles. The van der Waals surface area contributed by atoms with E-state index in [1.807, 2.05) is 0 Å². The topological polar surface area (TPSA) is 49.8 Å². The summed E-state index contributed by atoms with van der Waals surface area (Å²) < 4.78 is 0. The van der Waals surface area contributed by atoms with Crippen LogP contribution in [0.15, 0.2) is 11.6 Å². The summed E-state index contributed by atoms with van der Waals surface area (Å²) in [5.74, 6) is -0.385. The lowest BCUT2D eigenvalue weighted by Gasteiger charge is -2.20. The van der Waals surface area contributed by atoms with Crippen molar-refractivity contribution in [1.29, 1.82) is 0 Å². The molecule has 0 aromatic heterocycles. The fourth-order valence-corrected chi connectivity index (χ4v) is 1.73. The average Bonchev–Trinajstić information content (AvgIpc) is 2.28. The molecule has 1 rings (SSSR count). The molecule has 1 aliphatic rings. The van der Waals surface area contributed by atoms with Crippen LogP contribution in [0.25, 0.3) is 0 Å². The Hall–Kier alpha value is -0.870. The Morgan fingerprint density at radius 3 is 2.93 bits per heavy atom. The molecule has 15 heavy (non-hydrogen) atoms. The number of rotatable bonds is 4.